The summed E-state index contributed by atoms with van der Waals surface area (Å²) in [5, 5.41) is 1.23. The van der Waals surface area contributed by atoms with Crippen LogP contribution in [0, 0.1) is 24.7 Å². The van der Waals surface area contributed by atoms with Gasteiger partial charge in [0.1, 0.15) is 0 Å². The van der Waals surface area contributed by atoms with Crippen molar-refractivity contribution >= 4 is 25.0 Å². The van der Waals surface area contributed by atoms with Crippen molar-refractivity contribution in [1.29, 1.82) is 0 Å². The lowest BCUT2D eigenvalue weighted by molar-refractivity contribution is 1.52. The lowest BCUT2D eigenvalue weighted by atomic mass is 10.2. The van der Waals surface area contributed by atoms with Gasteiger partial charge >= 0.3 is 0 Å². The van der Waals surface area contributed by atoms with Gasteiger partial charge in [-0.3, -0.25) is 0 Å². The maximum atomic E-state index is 5.55. The van der Waals surface area contributed by atoms with E-state index in [0.717, 1.165) is 22.5 Å². The van der Waals surface area contributed by atoms with Crippen LogP contribution in [0.15, 0.2) is 78.9 Å². The molecule has 0 unspecified atom stereocenters. The van der Waals surface area contributed by atoms with Gasteiger partial charge in [-0.05, 0) is 48.1 Å². The molecule has 3 aromatic rings. The lowest BCUT2D eigenvalue weighted by Crippen LogP contribution is -2.59. The Morgan fingerprint density at radius 2 is 1.19 bits per heavy atom. The minimum Gasteiger partial charge on any atom is -0.391 e. The molecule has 0 fully saturated rings. The third-order valence-electron chi connectivity index (χ3n) is 4.20. The van der Waals surface area contributed by atoms with E-state index in [4.69, 9.17) is 12.8 Å². The summed E-state index contributed by atoms with van der Waals surface area (Å²) in [5.41, 5.74) is 3.71. The average Bonchev–Trinajstić information content (AvgIpc) is 2.69. The minimum atomic E-state index is -2.32. The maximum absolute atomic E-state index is 5.55. The Morgan fingerprint density at radius 3 is 1.65 bits per heavy atom. The van der Waals surface area contributed by atoms with E-state index in [9.17, 15) is 0 Å². The van der Waals surface area contributed by atoms with Crippen molar-refractivity contribution in [3.8, 4) is 24.7 Å². The Hall–Kier alpha value is -3.40. The summed E-state index contributed by atoms with van der Waals surface area (Å²) in [6, 6.07) is 26.3. The highest BCUT2D eigenvalue weighted by molar-refractivity contribution is 6.95. The minimum absolute atomic E-state index is 0.855. The molecule has 2 N–H and O–H groups in total. The molecule has 26 heavy (non-hydrogen) atoms. The summed E-state index contributed by atoms with van der Waals surface area (Å²) in [5.74, 6) is 5.38. The molecule has 0 amide bonds. The van der Waals surface area contributed by atoms with Gasteiger partial charge in [0, 0.05) is 22.5 Å². The predicted octanol–water partition coefficient (Wildman–Crippen LogP) is 4.15. The van der Waals surface area contributed by atoms with Crippen LogP contribution in [0.1, 0.15) is 11.1 Å². The zero-order chi connectivity index (χ0) is 18.4. The molecule has 0 bridgehead atoms. The molecule has 0 saturated heterocycles. The van der Waals surface area contributed by atoms with Crippen LogP contribution >= 0.6 is 0 Å². The fourth-order valence-corrected chi connectivity index (χ4v) is 5.57. The largest absolute Gasteiger partial charge is 0.391 e. The zero-order valence-electron chi connectivity index (χ0n) is 14.7. The van der Waals surface area contributed by atoms with E-state index in [-0.39, 0.29) is 0 Å². The molecule has 0 aliphatic rings. The number of hydrogen-bond acceptors (Lipinski definition) is 2. The molecule has 0 atom stereocenters. The van der Waals surface area contributed by atoms with Crippen LogP contribution in [0.25, 0.3) is 0 Å². The van der Waals surface area contributed by atoms with Gasteiger partial charge in [0.2, 0.25) is 0 Å². The highest BCUT2D eigenvalue weighted by Crippen LogP contribution is 2.18. The predicted molar refractivity (Wildman–Crippen MR) is 114 cm³/mol. The van der Waals surface area contributed by atoms with E-state index in [1.807, 2.05) is 54.6 Å². The van der Waals surface area contributed by atoms with Gasteiger partial charge in [-0.15, -0.1) is 12.8 Å². The van der Waals surface area contributed by atoms with E-state index in [1.54, 1.807) is 0 Å². The number of rotatable bonds is 5. The molecule has 0 aliphatic heterocycles. The molecule has 0 aromatic heterocycles. The highest BCUT2D eigenvalue weighted by Gasteiger charge is 2.31. The average molecular weight is 353 g/mol. The third-order valence-corrected chi connectivity index (χ3v) is 7.26. The van der Waals surface area contributed by atoms with Gasteiger partial charge in [0.15, 0.2) is 0 Å². The smallest absolute Gasteiger partial charge is 0.289 e. The van der Waals surface area contributed by atoms with Crippen molar-refractivity contribution in [2.75, 3.05) is 9.96 Å². The number of benzene rings is 3. The van der Waals surface area contributed by atoms with Gasteiger partial charge in [0.05, 0.1) is 0 Å². The first-order chi connectivity index (χ1) is 12.6. The Balaban J connectivity index is 1.99. The van der Waals surface area contributed by atoms with Crippen molar-refractivity contribution in [2.45, 2.75) is 6.55 Å². The molecule has 3 heteroatoms. The van der Waals surface area contributed by atoms with E-state index in [0.29, 0.717) is 0 Å². The van der Waals surface area contributed by atoms with E-state index in [2.05, 4.69) is 52.6 Å². The van der Waals surface area contributed by atoms with E-state index < -0.39 is 8.40 Å². The summed E-state index contributed by atoms with van der Waals surface area (Å²) in [6.07, 6.45) is 11.1. The molecule has 0 heterocycles. The van der Waals surface area contributed by atoms with E-state index in [1.165, 1.54) is 5.19 Å². The fourth-order valence-electron chi connectivity index (χ4n) is 2.90. The van der Waals surface area contributed by atoms with Crippen molar-refractivity contribution < 1.29 is 0 Å². The van der Waals surface area contributed by atoms with Crippen molar-refractivity contribution in [3.63, 3.8) is 0 Å². The number of nitrogens with one attached hydrogen (secondary N) is 2. The van der Waals surface area contributed by atoms with Crippen LogP contribution in [0.5, 0.6) is 0 Å². The summed E-state index contributed by atoms with van der Waals surface area (Å²) in [7, 11) is -2.32. The van der Waals surface area contributed by atoms with Crippen LogP contribution in [0.2, 0.25) is 6.55 Å². The number of terminal acetylenes is 2. The van der Waals surface area contributed by atoms with Crippen LogP contribution in [-0.2, 0) is 0 Å². The quantitative estimate of drug-likeness (QED) is 0.532. The molecular formula is C23H20N2Si. The molecule has 3 rings (SSSR count). The van der Waals surface area contributed by atoms with Crippen molar-refractivity contribution in [2.24, 2.45) is 0 Å². The second-order valence-electron chi connectivity index (χ2n) is 6.19. The van der Waals surface area contributed by atoms with Crippen molar-refractivity contribution in [1.82, 2.24) is 0 Å². The van der Waals surface area contributed by atoms with Crippen LogP contribution in [0.3, 0.4) is 0 Å². The Morgan fingerprint density at radius 1 is 0.692 bits per heavy atom. The van der Waals surface area contributed by atoms with Gasteiger partial charge in [-0.2, -0.15) is 0 Å². The summed E-state index contributed by atoms with van der Waals surface area (Å²) < 4.78 is 0. The van der Waals surface area contributed by atoms with E-state index >= 15 is 0 Å². The first kappa shape index (κ1) is 17.4. The highest BCUT2D eigenvalue weighted by atomic mass is 28.3. The summed E-state index contributed by atoms with van der Waals surface area (Å²) >= 11 is 0. The van der Waals surface area contributed by atoms with Crippen LogP contribution in [-0.4, -0.2) is 8.40 Å². The first-order valence-corrected chi connectivity index (χ1v) is 10.9. The Bertz CT molecular complexity index is 921. The first-order valence-electron chi connectivity index (χ1n) is 8.38. The SMILES string of the molecule is C#Cc1cccc(N[Si](C)(Nc2cccc(C#C)c2)c2ccccc2)c1. The van der Waals surface area contributed by atoms with Crippen LogP contribution < -0.4 is 15.2 Å². The maximum Gasteiger partial charge on any atom is 0.289 e. The fraction of sp³-hybridized carbons (Fsp3) is 0.0435. The standard InChI is InChI=1S/C23H20N2Si/c1-4-19-11-9-13-21(17-19)24-26(3,23-15-7-6-8-16-23)25-22-14-10-12-20(5-2)18-22/h1-2,6-18,24-25H,3H3. The molecule has 0 aliphatic carbocycles. The second-order valence-corrected chi connectivity index (χ2v) is 9.52. The third kappa shape index (κ3) is 3.98. The topological polar surface area (TPSA) is 24.1 Å². The summed E-state index contributed by atoms with van der Waals surface area (Å²) in [4.78, 5) is 7.43. The molecule has 0 saturated carbocycles. The molecule has 2 nitrogen and oxygen atoms in total. The van der Waals surface area contributed by atoms with Gasteiger partial charge in [-0.25, -0.2) is 0 Å². The molecular weight excluding hydrogens is 332 g/mol. The normalized spacial score (nSPS) is 10.4. The van der Waals surface area contributed by atoms with Crippen molar-refractivity contribution in [3.05, 3.63) is 90.0 Å². The van der Waals surface area contributed by atoms with Gasteiger partial charge < -0.3 is 9.96 Å². The zero-order valence-corrected chi connectivity index (χ0v) is 15.7. The van der Waals surface area contributed by atoms with Crippen LogP contribution in [0.4, 0.5) is 11.4 Å². The monoisotopic (exact) mass is 352 g/mol. The second kappa shape index (κ2) is 7.65. The lowest BCUT2D eigenvalue weighted by Gasteiger charge is -2.31. The number of hydrogen-bond donors (Lipinski definition) is 2. The molecule has 0 spiro atoms. The molecule has 0 radical (unpaired) electrons. The van der Waals surface area contributed by atoms with Gasteiger partial charge in [0.25, 0.3) is 8.40 Å². The molecule has 3 aromatic carbocycles. The Labute approximate surface area is 156 Å². The molecule has 126 valence electrons. The Kier molecular flexibility index (Phi) is 5.13. The summed E-state index contributed by atoms with van der Waals surface area (Å²) in [6.45, 7) is 2.23. The number of anilines is 2. The van der Waals surface area contributed by atoms with Gasteiger partial charge in [-0.1, -0.05) is 54.3 Å².